The van der Waals surface area contributed by atoms with Crippen LogP contribution >= 0.6 is 11.6 Å². The zero-order valence-corrected chi connectivity index (χ0v) is 20.5. The molecular formula is C26H36ClN3O. The maximum Gasteiger partial charge on any atom is 0.123 e. The van der Waals surface area contributed by atoms with Crippen molar-refractivity contribution >= 4 is 17.8 Å². The van der Waals surface area contributed by atoms with Gasteiger partial charge in [0.1, 0.15) is 5.75 Å². The van der Waals surface area contributed by atoms with Crippen LogP contribution in [0.25, 0.3) is 0 Å². The summed E-state index contributed by atoms with van der Waals surface area (Å²) >= 11 is 6.31. The van der Waals surface area contributed by atoms with Crippen molar-refractivity contribution < 1.29 is 5.11 Å². The van der Waals surface area contributed by atoms with E-state index in [4.69, 9.17) is 16.7 Å². The first-order chi connectivity index (χ1) is 14.4. The molecule has 4 nitrogen and oxygen atoms in total. The first-order valence-corrected chi connectivity index (χ1v) is 11.5. The van der Waals surface area contributed by atoms with Gasteiger partial charge in [0.25, 0.3) is 0 Å². The summed E-state index contributed by atoms with van der Waals surface area (Å²) in [7, 11) is 0. The average molecular weight is 442 g/mol. The van der Waals surface area contributed by atoms with Crippen LogP contribution in [0.2, 0.25) is 5.02 Å². The van der Waals surface area contributed by atoms with Crippen LogP contribution in [0.4, 0.5) is 0 Å². The standard InChI is InChI=1S/C26H36ClN3O/c1-25(2,3)21-15-19(16-22(24(21)31)26(4,5)6)17-28-30-13-11-29(12-14-30)18-20-9-7-8-10-23(20)27/h7-10,15-17,31H,11-14,18H2,1-6H3/b28-17+. The predicted octanol–water partition coefficient (Wildman–Crippen LogP) is 5.79. The smallest absolute Gasteiger partial charge is 0.123 e. The summed E-state index contributed by atoms with van der Waals surface area (Å²) in [6.45, 7) is 17.4. The summed E-state index contributed by atoms with van der Waals surface area (Å²) < 4.78 is 0. The molecule has 31 heavy (non-hydrogen) atoms. The first kappa shape index (κ1) is 23.6. The van der Waals surface area contributed by atoms with Gasteiger partial charge in [-0.1, -0.05) is 71.3 Å². The van der Waals surface area contributed by atoms with Gasteiger partial charge >= 0.3 is 0 Å². The maximum absolute atomic E-state index is 10.9. The molecule has 0 saturated carbocycles. The lowest BCUT2D eigenvalue weighted by molar-refractivity contribution is 0.131. The van der Waals surface area contributed by atoms with Gasteiger partial charge in [0.2, 0.25) is 0 Å². The minimum absolute atomic E-state index is 0.141. The third kappa shape index (κ3) is 6.02. The van der Waals surface area contributed by atoms with Crippen LogP contribution in [0.3, 0.4) is 0 Å². The summed E-state index contributed by atoms with van der Waals surface area (Å²) in [5, 5.41) is 18.6. The van der Waals surface area contributed by atoms with E-state index in [-0.39, 0.29) is 10.8 Å². The summed E-state index contributed by atoms with van der Waals surface area (Å²) in [6, 6.07) is 12.2. The van der Waals surface area contributed by atoms with Crippen molar-refractivity contribution in [3.05, 3.63) is 63.7 Å². The Bertz CT molecular complexity index is 897. The Kier molecular flexibility index (Phi) is 7.02. The van der Waals surface area contributed by atoms with Gasteiger partial charge in [-0.2, -0.15) is 5.10 Å². The summed E-state index contributed by atoms with van der Waals surface area (Å²) in [6.07, 6.45) is 1.94. The van der Waals surface area contributed by atoms with Gasteiger partial charge in [0.15, 0.2) is 0 Å². The van der Waals surface area contributed by atoms with Crippen molar-refractivity contribution in [3.63, 3.8) is 0 Å². The lowest BCUT2D eigenvalue weighted by atomic mass is 9.78. The molecule has 0 spiro atoms. The number of nitrogens with zero attached hydrogens (tertiary/aromatic N) is 3. The molecule has 1 saturated heterocycles. The highest BCUT2D eigenvalue weighted by atomic mass is 35.5. The fourth-order valence-electron chi connectivity index (χ4n) is 3.90. The maximum atomic E-state index is 10.9. The quantitative estimate of drug-likeness (QED) is 0.610. The third-order valence-corrected chi connectivity index (χ3v) is 6.19. The fraction of sp³-hybridized carbons (Fsp3) is 0.500. The molecule has 2 aromatic carbocycles. The molecule has 5 heteroatoms. The molecule has 1 fully saturated rings. The van der Waals surface area contributed by atoms with Crippen molar-refractivity contribution in [3.8, 4) is 5.75 Å². The Balaban J connectivity index is 1.70. The first-order valence-electron chi connectivity index (χ1n) is 11.1. The molecule has 2 aromatic rings. The molecule has 0 radical (unpaired) electrons. The van der Waals surface area contributed by atoms with Gasteiger partial charge in [-0.05, 0) is 40.2 Å². The second-order valence-corrected chi connectivity index (χ2v) is 10.9. The Morgan fingerprint density at radius 3 is 2.00 bits per heavy atom. The number of phenols is 1. The van der Waals surface area contributed by atoms with E-state index in [0.29, 0.717) is 5.75 Å². The number of hydrazone groups is 1. The SMILES string of the molecule is CC(C)(C)c1cc(/C=N/N2CCN(Cc3ccccc3Cl)CC2)cc(C(C)(C)C)c1O. The van der Waals surface area contributed by atoms with Crippen molar-refractivity contribution in [1.82, 2.24) is 9.91 Å². The average Bonchev–Trinajstić information content (AvgIpc) is 2.68. The van der Waals surface area contributed by atoms with Crippen LogP contribution in [-0.2, 0) is 17.4 Å². The number of hydrogen-bond acceptors (Lipinski definition) is 4. The summed E-state index contributed by atoms with van der Waals surface area (Å²) in [5.74, 6) is 0.408. The highest BCUT2D eigenvalue weighted by Gasteiger charge is 2.26. The van der Waals surface area contributed by atoms with Gasteiger partial charge in [0.05, 0.1) is 6.21 Å². The van der Waals surface area contributed by atoms with Crippen molar-refractivity contribution in [1.29, 1.82) is 0 Å². The summed E-state index contributed by atoms with van der Waals surface area (Å²) in [4.78, 5) is 2.42. The van der Waals surface area contributed by atoms with E-state index >= 15 is 0 Å². The Labute approximate surface area is 192 Å². The minimum Gasteiger partial charge on any atom is -0.507 e. The minimum atomic E-state index is -0.141. The highest BCUT2D eigenvalue weighted by Crippen LogP contribution is 2.39. The monoisotopic (exact) mass is 441 g/mol. The number of phenolic OH excluding ortho intramolecular Hbond substituents is 1. The van der Waals surface area contributed by atoms with E-state index in [1.165, 1.54) is 5.56 Å². The van der Waals surface area contributed by atoms with E-state index < -0.39 is 0 Å². The van der Waals surface area contributed by atoms with Crippen LogP contribution in [0.5, 0.6) is 5.75 Å². The highest BCUT2D eigenvalue weighted by molar-refractivity contribution is 6.31. The molecule has 0 atom stereocenters. The van der Waals surface area contributed by atoms with Crippen LogP contribution in [0.15, 0.2) is 41.5 Å². The fourth-order valence-corrected chi connectivity index (χ4v) is 4.10. The molecule has 0 bridgehead atoms. The second kappa shape index (κ2) is 9.22. The van der Waals surface area contributed by atoms with Gasteiger partial charge in [-0.3, -0.25) is 9.91 Å². The number of piperazine rings is 1. The largest absolute Gasteiger partial charge is 0.507 e. The molecule has 0 amide bonds. The molecule has 1 aliphatic rings. The number of aromatic hydroxyl groups is 1. The number of benzene rings is 2. The molecule has 3 rings (SSSR count). The molecule has 0 unspecified atom stereocenters. The molecule has 0 aliphatic carbocycles. The van der Waals surface area contributed by atoms with E-state index in [0.717, 1.165) is 54.4 Å². The lowest BCUT2D eigenvalue weighted by Gasteiger charge is -2.33. The third-order valence-electron chi connectivity index (χ3n) is 5.82. The van der Waals surface area contributed by atoms with E-state index in [2.05, 4.69) is 69.7 Å². The normalized spacial score (nSPS) is 16.3. The molecule has 168 valence electrons. The Hall–Kier alpha value is -2.04. The Morgan fingerprint density at radius 2 is 1.48 bits per heavy atom. The lowest BCUT2D eigenvalue weighted by Crippen LogP contribution is -2.43. The van der Waals surface area contributed by atoms with Gasteiger partial charge in [-0.25, -0.2) is 0 Å². The number of rotatable bonds is 4. The second-order valence-electron chi connectivity index (χ2n) is 10.5. The Morgan fingerprint density at radius 1 is 0.935 bits per heavy atom. The number of hydrogen-bond donors (Lipinski definition) is 1. The van der Waals surface area contributed by atoms with Crippen LogP contribution in [0, 0.1) is 0 Å². The predicted molar refractivity (Wildman–Crippen MR) is 131 cm³/mol. The number of halogens is 1. The van der Waals surface area contributed by atoms with Crippen molar-refractivity contribution in [2.24, 2.45) is 5.10 Å². The molecule has 1 aliphatic heterocycles. The zero-order chi connectivity index (χ0) is 22.8. The molecule has 1 heterocycles. The van der Waals surface area contributed by atoms with E-state index in [1.807, 2.05) is 24.4 Å². The van der Waals surface area contributed by atoms with Crippen LogP contribution in [0.1, 0.15) is 63.8 Å². The molecule has 0 aromatic heterocycles. The van der Waals surface area contributed by atoms with Gasteiger partial charge < -0.3 is 5.11 Å². The van der Waals surface area contributed by atoms with Crippen LogP contribution in [-0.4, -0.2) is 47.4 Å². The van der Waals surface area contributed by atoms with E-state index in [1.54, 1.807) is 0 Å². The van der Waals surface area contributed by atoms with Gasteiger partial charge in [-0.15, -0.1) is 0 Å². The van der Waals surface area contributed by atoms with Gasteiger partial charge in [0, 0.05) is 48.9 Å². The molecular weight excluding hydrogens is 406 g/mol. The zero-order valence-electron chi connectivity index (χ0n) is 19.7. The van der Waals surface area contributed by atoms with E-state index in [9.17, 15) is 5.11 Å². The summed E-state index contributed by atoms with van der Waals surface area (Å²) in [5.41, 5.74) is 3.86. The van der Waals surface area contributed by atoms with Crippen molar-refractivity contribution in [2.45, 2.75) is 58.9 Å². The van der Waals surface area contributed by atoms with Crippen molar-refractivity contribution in [2.75, 3.05) is 26.2 Å². The molecule has 1 N–H and O–H groups in total. The van der Waals surface area contributed by atoms with Crippen LogP contribution < -0.4 is 0 Å². The topological polar surface area (TPSA) is 39.1 Å².